The van der Waals surface area contributed by atoms with Gasteiger partial charge in [-0.15, -0.1) is 0 Å². The maximum atomic E-state index is 13.4. The fraction of sp³-hybridized carbons (Fsp3) is 0.417. The average molecular weight is 255 g/mol. The highest BCUT2D eigenvalue weighted by Gasteiger charge is 2.16. The fourth-order valence-electron chi connectivity index (χ4n) is 1.50. The van der Waals surface area contributed by atoms with Gasteiger partial charge in [0.15, 0.2) is 0 Å². The first kappa shape index (κ1) is 14.4. The number of carbonyl (C=O) groups is 1. The Bertz CT molecular complexity index is 412. The topological polar surface area (TPSA) is 76.4 Å². The minimum absolute atomic E-state index is 0.0152. The van der Waals surface area contributed by atoms with E-state index < -0.39 is 11.7 Å². The molecule has 1 rings (SSSR count). The highest BCUT2D eigenvalue weighted by molar-refractivity contribution is 5.99. The van der Waals surface area contributed by atoms with Crippen LogP contribution in [-0.4, -0.2) is 25.2 Å². The number of hydrogen-bond donors (Lipinski definition) is 3. The van der Waals surface area contributed by atoms with Crippen molar-refractivity contribution < 1.29 is 13.9 Å². The van der Waals surface area contributed by atoms with Crippen molar-refractivity contribution in [3.63, 3.8) is 0 Å². The van der Waals surface area contributed by atoms with Gasteiger partial charge in [-0.3, -0.25) is 10.6 Å². The third-order valence-corrected chi connectivity index (χ3v) is 2.35. The molecule has 0 aromatic heterocycles. The van der Waals surface area contributed by atoms with Gasteiger partial charge < -0.3 is 15.5 Å². The van der Waals surface area contributed by atoms with Gasteiger partial charge in [0, 0.05) is 12.6 Å². The quantitative estimate of drug-likeness (QED) is 0.528. The molecule has 4 N–H and O–H groups in total. The second-order valence-electron chi connectivity index (χ2n) is 3.84. The molecule has 0 saturated heterocycles. The number of nitrogen functional groups attached to an aromatic ring is 1. The number of nitrogens with two attached hydrogens (primary N) is 1. The van der Waals surface area contributed by atoms with E-state index in [1.54, 1.807) is 0 Å². The van der Waals surface area contributed by atoms with Crippen LogP contribution in [0.1, 0.15) is 24.2 Å². The van der Waals surface area contributed by atoms with Crippen molar-refractivity contribution in [2.45, 2.75) is 19.9 Å². The van der Waals surface area contributed by atoms with Gasteiger partial charge in [0.1, 0.15) is 5.82 Å². The monoisotopic (exact) mass is 255 g/mol. The number of hydrazine groups is 1. The zero-order chi connectivity index (χ0) is 13.5. The standard InChI is InChI=1S/C12H18FN3O2/c1-3-18-7-8(2)15-12(17)9-5-4-6-10(13)11(9)16-14/h4-6,8,16H,3,7,14H2,1-2H3,(H,15,17). The van der Waals surface area contributed by atoms with Crippen LogP contribution < -0.4 is 16.6 Å². The summed E-state index contributed by atoms with van der Waals surface area (Å²) < 4.78 is 18.6. The largest absolute Gasteiger partial charge is 0.380 e. The molecule has 5 nitrogen and oxygen atoms in total. The van der Waals surface area contributed by atoms with Crippen molar-refractivity contribution in [3.8, 4) is 0 Å². The van der Waals surface area contributed by atoms with Gasteiger partial charge in [0.25, 0.3) is 5.91 Å². The van der Waals surface area contributed by atoms with Gasteiger partial charge in [-0.05, 0) is 26.0 Å². The third-order valence-electron chi connectivity index (χ3n) is 2.35. The molecule has 0 radical (unpaired) electrons. The zero-order valence-electron chi connectivity index (χ0n) is 10.5. The molecule has 1 aromatic carbocycles. The Kier molecular flexibility index (Phi) is 5.54. The summed E-state index contributed by atoms with van der Waals surface area (Å²) in [6, 6.07) is 4.03. The second kappa shape index (κ2) is 6.93. The fourth-order valence-corrected chi connectivity index (χ4v) is 1.50. The number of nitrogens with one attached hydrogen (secondary N) is 2. The van der Waals surface area contributed by atoms with Crippen molar-refractivity contribution in [2.24, 2.45) is 5.84 Å². The molecule has 100 valence electrons. The highest BCUT2D eigenvalue weighted by Crippen LogP contribution is 2.18. The number of carbonyl (C=O) groups excluding carboxylic acids is 1. The number of benzene rings is 1. The van der Waals surface area contributed by atoms with Crippen LogP contribution in [-0.2, 0) is 4.74 Å². The van der Waals surface area contributed by atoms with Crippen LogP contribution in [0.3, 0.4) is 0 Å². The predicted octanol–water partition coefficient (Wildman–Crippen LogP) is 1.27. The number of ether oxygens (including phenoxy) is 1. The lowest BCUT2D eigenvalue weighted by atomic mass is 10.1. The molecule has 0 aliphatic carbocycles. The normalized spacial score (nSPS) is 12.0. The number of anilines is 1. The average Bonchev–Trinajstić information content (AvgIpc) is 2.35. The maximum Gasteiger partial charge on any atom is 0.253 e. The Balaban J connectivity index is 2.75. The Morgan fingerprint density at radius 3 is 2.89 bits per heavy atom. The van der Waals surface area contributed by atoms with Crippen LogP contribution in [0.4, 0.5) is 10.1 Å². The minimum Gasteiger partial charge on any atom is -0.380 e. The van der Waals surface area contributed by atoms with Gasteiger partial charge in [-0.2, -0.15) is 0 Å². The smallest absolute Gasteiger partial charge is 0.253 e. The van der Waals surface area contributed by atoms with Crippen molar-refractivity contribution in [2.75, 3.05) is 18.6 Å². The summed E-state index contributed by atoms with van der Waals surface area (Å²) in [5.74, 6) is 4.24. The van der Waals surface area contributed by atoms with E-state index >= 15 is 0 Å². The van der Waals surface area contributed by atoms with Gasteiger partial charge >= 0.3 is 0 Å². The van der Waals surface area contributed by atoms with E-state index in [-0.39, 0.29) is 17.3 Å². The van der Waals surface area contributed by atoms with Crippen molar-refractivity contribution >= 4 is 11.6 Å². The molecule has 0 spiro atoms. The second-order valence-corrected chi connectivity index (χ2v) is 3.84. The third kappa shape index (κ3) is 3.68. The summed E-state index contributed by atoms with van der Waals surface area (Å²) in [6.07, 6.45) is 0. The highest BCUT2D eigenvalue weighted by atomic mass is 19.1. The molecule has 1 atom stereocenters. The lowest BCUT2D eigenvalue weighted by Crippen LogP contribution is -2.36. The van der Waals surface area contributed by atoms with Gasteiger partial charge in [-0.25, -0.2) is 4.39 Å². The molecule has 0 aliphatic rings. The number of hydrogen-bond acceptors (Lipinski definition) is 4. The summed E-state index contributed by atoms with van der Waals surface area (Å²) in [6.45, 7) is 4.67. The predicted molar refractivity (Wildman–Crippen MR) is 67.6 cm³/mol. The SMILES string of the molecule is CCOCC(C)NC(=O)c1cccc(F)c1NN. The maximum absolute atomic E-state index is 13.4. The van der Waals surface area contributed by atoms with E-state index in [2.05, 4.69) is 10.7 Å². The van der Waals surface area contributed by atoms with Crippen LogP contribution in [0, 0.1) is 5.82 Å². The molecule has 1 amide bonds. The molecular formula is C12H18FN3O2. The van der Waals surface area contributed by atoms with Crippen LogP contribution in [0.5, 0.6) is 0 Å². The molecule has 18 heavy (non-hydrogen) atoms. The van der Waals surface area contributed by atoms with Crippen molar-refractivity contribution in [1.29, 1.82) is 0 Å². The molecular weight excluding hydrogens is 237 g/mol. The molecule has 0 heterocycles. The number of rotatable bonds is 6. The molecule has 6 heteroatoms. The molecule has 1 aromatic rings. The van der Waals surface area contributed by atoms with E-state index in [9.17, 15) is 9.18 Å². The van der Waals surface area contributed by atoms with Crippen LogP contribution >= 0.6 is 0 Å². The van der Waals surface area contributed by atoms with Gasteiger partial charge in [0.05, 0.1) is 17.9 Å². The Morgan fingerprint density at radius 1 is 1.56 bits per heavy atom. The van der Waals surface area contributed by atoms with Crippen LogP contribution in [0.25, 0.3) is 0 Å². The van der Waals surface area contributed by atoms with Gasteiger partial charge in [-0.1, -0.05) is 6.07 Å². The molecule has 1 unspecified atom stereocenters. The van der Waals surface area contributed by atoms with E-state index in [4.69, 9.17) is 10.6 Å². The van der Waals surface area contributed by atoms with Crippen molar-refractivity contribution in [3.05, 3.63) is 29.6 Å². The lowest BCUT2D eigenvalue weighted by molar-refractivity contribution is 0.0872. The number of amides is 1. The Morgan fingerprint density at radius 2 is 2.28 bits per heavy atom. The van der Waals surface area contributed by atoms with Crippen molar-refractivity contribution in [1.82, 2.24) is 5.32 Å². The van der Waals surface area contributed by atoms with E-state index in [1.165, 1.54) is 18.2 Å². The lowest BCUT2D eigenvalue weighted by Gasteiger charge is -2.15. The Labute approximate surface area is 105 Å². The van der Waals surface area contributed by atoms with Crippen LogP contribution in [0.15, 0.2) is 18.2 Å². The van der Waals surface area contributed by atoms with E-state index in [0.717, 1.165) is 0 Å². The first-order valence-electron chi connectivity index (χ1n) is 5.73. The zero-order valence-corrected chi connectivity index (χ0v) is 10.5. The molecule has 0 aliphatic heterocycles. The van der Waals surface area contributed by atoms with E-state index in [0.29, 0.717) is 13.2 Å². The minimum atomic E-state index is -0.567. The first-order chi connectivity index (χ1) is 8.60. The molecule has 0 fully saturated rings. The summed E-state index contributed by atoms with van der Waals surface area (Å²) in [7, 11) is 0. The summed E-state index contributed by atoms with van der Waals surface area (Å²) in [5.41, 5.74) is 2.35. The first-order valence-corrected chi connectivity index (χ1v) is 5.73. The van der Waals surface area contributed by atoms with E-state index in [1.807, 2.05) is 13.8 Å². The number of halogens is 1. The number of para-hydroxylation sites is 1. The summed E-state index contributed by atoms with van der Waals surface area (Å²) in [5, 5.41) is 2.71. The summed E-state index contributed by atoms with van der Waals surface area (Å²) >= 11 is 0. The van der Waals surface area contributed by atoms with Crippen LogP contribution in [0.2, 0.25) is 0 Å². The summed E-state index contributed by atoms with van der Waals surface area (Å²) in [4.78, 5) is 11.9. The Hall–Kier alpha value is -1.66. The molecule has 0 saturated carbocycles. The van der Waals surface area contributed by atoms with Gasteiger partial charge in [0.2, 0.25) is 0 Å². The molecule has 0 bridgehead atoms.